The first-order chi connectivity index (χ1) is 13.9. The molecule has 166 valence electrons. The number of hydrogen-bond donors (Lipinski definition) is 3. The fourth-order valence-electron chi connectivity index (χ4n) is 2.40. The molecule has 4 N–H and O–H groups in total. The topological polar surface area (TPSA) is 119 Å². The largest absolute Gasteiger partial charge is 0.497 e. The van der Waals surface area contributed by atoms with Crippen LogP contribution in [0.25, 0.3) is 0 Å². The molecule has 2 rings (SSSR count). The van der Waals surface area contributed by atoms with Crippen molar-refractivity contribution in [1.29, 1.82) is 0 Å². The van der Waals surface area contributed by atoms with E-state index in [1.807, 2.05) is 6.08 Å². The predicted octanol–water partition coefficient (Wildman–Crippen LogP) is 3.16. The van der Waals surface area contributed by atoms with Gasteiger partial charge in [0, 0.05) is 12.1 Å². The van der Waals surface area contributed by atoms with Crippen LogP contribution in [0.4, 0.5) is 18.9 Å². The molecule has 0 bridgehead atoms. The van der Waals surface area contributed by atoms with Gasteiger partial charge in [0.2, 0.25) is 5.91 Å². The molecule has 1 amide bonds. The number of ketones is 1. The Morgan fingerprint density at radius 1 is 1.27 bits per heavy atom. The minimum absolute atomic E-state index is 0.0436. The number of carboxylic acids is 1. The summed E-state index contributed by atoms with van der Waals surface area (Å²) in [6.45, 7) is 1.70. The second kappa shape index (κ2) is 11.3. The number of ether oxygens (including phenoxy) is 1. The Kier molecular flexibility index (Phi) is 9.51. The summed E-state index contributed by atoms with van der Waals surface area (Å²) in [5, 5.41) is 9.92. The maximum absolute atomic E-state index is 12.0. The Labute approximate surface area is 172 Å². The number of carbonyl (C=O) groups excluding carboxylic acids is 2. The lowest BCUT2D eigenvalue weighted by molar-refractivity contribution is -0.192. The second-order valence-electron chi connectivity index (χ2n) is 6.84. The van der Waals surface area contributed by atoms with Crippen molar-refractivity contribution in [3.63, 3.8) is 0 Å². The van der Waals surface area contributed by atoms with Crippen LogP contribution >= 0.6 is 0 Å². The van der Waals surface area contributed by atoms with E-state index in [1.165, 1.54) is 6.08 Å². The summed E-state index contributed by atoms with van der Waals surface area (Å²) in [5.74, 6) is -1.57. The van der Waals surface area contributed by atoms with E-state index in [9.17, 15) is 22.8 Å². The quantitative estimate of drug-likeness (QED) is 0.545. The van der Waals surface area contributed by atoms with Gasteiger partial charge in [-0.1, -0.05) is 6.08 Å². The van der Waals surface area contributed by atoms with Gasteiger partial charge >= 0.3 is 12.1 Å². The molecule has 1 fully saturated rings. The zero-order chi connectivity index (χ0) is 22.9. The molecule has 0 aliphatic heterocycles. The number of carbonyl (C=O) groups is 3. The number of nitrogens with two attached hydrogens (primary N) is 1. The van der Waals surface area contributed by atoms with Crippen LogP contribution in [0.1, 0.15) is 26.2 Å². The summed E-state index contributed by atoms with van der Waals surface area (Å²) in [6, 6.07) is 6.68. The highest BCUT2D eigenvalue weighted by molar-refractivity contribution is 5.99. The molecule has 0 heterocycles. The van der Waals surface area contributed by atoms with Crippen LogP contribution in [0, 0.1) is 11.8 Å². The molecule has 0 saturated heterocycles. The van der Waals surface area contributed by atoms with Crippen LogP contribution in [0.3, 0.4) is 0 Å². The van der Waals surface area contributed by atoms with Gasteiger partial charge in [0.05, 0.1) is 13.2 Å². The molecule has 1 saturated carbocycles. The van der Waals surface area contributed by atoms with E-state index in [0.29, 0.717) is 18.0 Å². The van der Waals surface area contributed by atoms with Crippen LogP contribution in [0.5, 0.6) is 5.75 Å². The standard InChI is InChI=1S/C18H24N2O3.C2HF3O2/c1-12(19)17(21)11-14(13-3-4-13)5-10-18(22)20-15-6-8-16(23-2)9-7-15;3-2(4,5)1(6)7/h5-10,12-14H,3-4,11,19H2,1-2H3,(H,20,22);(H,6,7)/b10-5+;/t12-,14-;/m0./s1. The molecule has 1 aliphatic rings. The van der Waals surface area contributed by atoms with Crippen molar-refractivity contribution < 1.29 is 37.4 Å². The molecule has 0 spiro atoms. The molecule has 1 aliphatic carbocycles. The molecule has 1 aromatic rings. The van der Waals surface area contributed by atoms with Crippen LogP contribution in [0.15, 0.2) is 36.4 Å². The van der Waals surface area contributed by atoms with E-state index in [0.717, 1.165) is 18.6 Å². The summed E-state index contributed by atoms with van der Waals surface area (Å²) in [5.41, 5.74) is 6.33. The average molecular weight is 430 g/mol. The molecule has 7 nitrogen and oxygen atoms in total. The van der Waals surface area contributed by atoms with Gasteiger partial charge in [0.25, 0.3) is 0 Å². The predicted molar refractivity (Wildman–Crippen MR) is 104 cm³/mol. The Morgan fingerprint density at radius 3 is 2.20 bits per heavy atom. The summed E-state index contributed by atoms with van der Waals surface area (Å²) in [4.78, 5) is 32.7. The van der Waals surface area contributed by atoms with Gasteiger partial charge < -0.3 is 20.9 Å². The van der Waals surface area contributed by atoms with Crippen molar-refractivity contribution in [2.45, 2.75) is 38.4 Å². The first-order valence-electron chi connectivity index (χ1n) is 9.15. The van der Waals surface area contributed by atoms with Crippen LogP contribution < -0.4 is 15.8 Å². The van der Waals surface area contributed by atoms with Crippen molar-refractivity contribution >= 4 is 23.3 Å². The van der Waals surface area contributed by atoms with E-state index in [4.69, 9.17) is 20.4 Å². The van der Waals surface area contributed by atoms with Crippen molar-refractivity contribution in [2.75, 3.05) is 12.4 Å². The van der Waals surface area contributed by atoms with Crippen LogP contribution in [-0.4, -0.2) is 42.1 Å². The molecular weight excluding hydrogens is 405 g/mol. The average Bonchev–Trinajstić information content (AvgIpc) is 3.50. The lowest BCUT2D eigenvalue weighted by Crippen LogP contribution is -2.28. The number of alkyl halides is 3. The SMILES string of the molecule is COc1ccc(NC(=O)/C=C/[C@@H](CC(=O)[C@H](C)N)C2CC2)cc1.O=C(O)C(F)(F)F. The number of aliphatic carboxylic acids is 1. The number of halogens is 3. The molecular formula is C20H25F3N2O5. The number of anilines is 1. The summed E-state index contributed by atoms with van der Waals surface area (Å²) in [6.07, 6.45) is 0.913. The van der Waals surface area contributed by atoms with Crippen molar-refractivity contribution in [1.82, 2.24) is 0 Å². The lowest BCUT2D eigenvalue weighted by Gasteiger charge is -2.12. The molecule has 30 heavy (non-hydrogen) atoms. The minimum Gasteiger partial charge on any atom is -0.497 e. The molecule has 0 aromatic heterocycles. The number of nitrogens with one attached hydrogen (secondary N) is 1. The number of hydrogen-bond acceptors (Lipinski definition) is 5. The third kappa shape index (κ3) is 9.55. The Balaban J connectivity index is 0.000000553. The van der Waals surface area contributed by atoms with Gasteiger partial charge in [-0.05, 0) is 61.9 Å². The Bertz CT molecular complexity index is 757. The number of rotatable bonds is 8. The van der Waals surface area contributed by atoms with Gasteiger partial charge in [0.1, 0.15) is 11.5 Å². The summed E-state index contributed by atoms with van der Waals surface area (Å²) < 4.78 is 36.8. The first kappa shape index (κ1) is 25.2. The van der Waals surface area contributed by atoms with Gasteiger partial charge in [-0.25, -0.2) is 4.79 Å². The van der Waals surface area contributed by atoms with E-state index in [-0.39, 0.29) is 17.6 Å². The maximum Gasteiger partial charge on any atom is 0.490 e. The minimum atomic E-state index is -5.08. The smallest absolute Gasteiger partial charge is 0.490 e. The molecule has 0 radical (unpaired) electrons. The number of amides is 1. The lowest BCUT2D eigenvalue weighted by atomic mass is 9.94. The van der Waals surface area contributed by atoms with E-state index < -0.39 is 18.2 Å². The van der Waals surface area contributed by atoms with Gasteiger partial charge in [-0.2, -0.15) is 13.2 Å². The van der Waals surface area contributed by atoms with Crippen molar-refractivity contribution in [3.8, 4) is 5.75 Å². The normalized spacial score (nSPS) is 15.5. The van der Waals surface area contributed by atoms with E-state index >= 15 is 0 Å². The van der Waals surface area contributed by atoms with Gasteiger partial charge in [-0.15, -0.1) is 0 Å². The molecule has 2 atom stereocenters. The zero-order valence-corrected chi connectivity index (χ0v) is 16.6. The number of carboxylic acid groups (broad SMARTS) is 1. The van der Waals surface area contributed by atoms with E-state index in [1.54, 1.807) is 38.3 Å². The third-order valence-corrected chi connectivity index (χ3v) is 4.27. The molecule has 10 heteroatoms. The Hall–Kier alpha value is -2.88. The summed E-state index contributed by atoms with van der Waals surface area (Å²) in [7, 11) is 1.60. The van der Waals surface area contributed by atoms with Crippen molar-refractivity contribution in [3.05, 3.63) is 36.4 Å². The fourth-order valence-corrected chi connectivity index (χ4v) is 2.40. The number of benzene rings is 1. The number of Topliss-reactive ketones (excluding diaryl/α,β-unsaturated/α-hetero) is 1. The van der Waals surface area contributed by atoms with Crippen LogP contribution in [-0.2, 0) is 14.4 Å². The monoisotopic (exact) mass is 430 g/mol. The molecule has 0 unspecified atom stereocenters. The van der Waals surface area contributed by atoms with Gasteiger partial charge in [-0.3, -0.25) is 9.59 Å². The molecule has 1 aromatic carbocycles. The maximum atomic E-state index is 12.0. The van der Waals surface area contributed by atoms with Crippen LogP contribution in [0.2, 0.25) is 0 Å². The number of methoxy groups -OCH3 is 1. The van der Waals surface area contributed by atoms with Crippen molar-refractivity contribution in [2.24, 2.45) is 17.6 Å². The highest BCUT2D eigenvalue weighted by Gasteiger charge is 2.38. The zero-order valence-electron chi connectivity index (χ0n) is 16.6. The summed E-state index contributed by atoms with van der Waals surface area (Å²) >= 11 is 0. The second-order valence-corrected chi connectivity index (χ2v) is 6.84. The number of allylic oxidation sites excluding steroid dienone is 1. The van der Waals surface area contributed by atoms with Gasteiger partial charge in [0.15, 0.2) is 0 Å². The van der Waals surface area contributed by atoms with E-state index in [2.05, 4.69) is 5.32 Å². The first-order valence-corrected chi connectivity index (χ1v) is 9.15. The Morgan fingerprint density at radius 2 is 1.80 bits per heavy atom. The third-order valence-electron chi connectivity index (χ3n) is 4.27. The highest BCUT2D eigenvalue weighted by Crippen LogP contribution is 2.39. The fraction of sp³-hybridized carbons (Fsp3) is 0.450. The highest BCUT2D eigenvalue weighted by atomic mass is 19.4.